The Bertz CT molecular complexity index is 371. The molecule has 1 rings (SSSR count). The van der Waals surface area contributed by atoms with Gasteiger partial charge >= 0.3 is 5.97 Å². The number of ether oxygens (including phenoxy) is 2. The fraction of sp³-hybridized carbons (Fsp3) is 0.400. The molecule has 0 spiro atoms. The maximum atomic E-state index is 11.3. The zero-order chi connectivity index (χ0) is 13.2. The van der Waals surface area contributed by atoms with Crippen LogP contribution in [-0.4, -0.2) is 19.2 Å². The van der Waals surface area contributed by atoms with Crippen molar-refractivity contribution in [1.82, 2.24) is 0 Å². The van der Waals surface area contributed by atoms with E-state index in [9.17, 15) is 4.79 Å². The van der Waals surface area contributed by atoms with Crippen molar-refractivity contribution in [1.29, 1.82) is 0 Å². The number of para-hydroxylation sites is 1. The summed E-state index contributed by atoms with van der Waals surface area (Å²) in [7, 11) is 0. The molecule has 3 heteroatoms. The summed E-state index contributed by atoms with van der Waals surface area (Å²) in [6, 6.07) is 9.70. The van der Waals surface area contributed by atoms with Crippen LogP contribution in [0.2, 0.25) is 0 Å². The fourth-order valence-electron chi connectivity index (χ4n) is 1.48. The third-order valence-electron chi connectivity index (χ3n) is 2.45. The summed E-state index contributed by atoms with van der Waals surface area (Å²) in [4.78, 5) is 11.3. The monoisotopic (exact) mass is 248 g/mol. The molecule has 0 bridgehead atoms. The highest BCUT2D eigenvalue weighted by molar-refractivity contribution is 5.87. The highest BCUT2D eigenvalue weighted by Gasteiger charge is 2.06. The Morgan fingerprint density at radius 1 is 1.22 bits per heavy atom. The average Bonchev–Trinajstić information content (AvgIpc) is 2.39. The number of rotatable bonds is 8. The number of carbonyl (C=O) groups excluding carboxylic acids is 1. The van der Waals surface area contributed by atoms with Crippen LogP contribution in [0.15, 0.2) is 42.5 Å². The third-order valence-corrected chi connectivity index (χ3v) is 2.45. The number of carbonyl (C=O) groups is 1. The van der Waals surface area contributed by atoms with Gasteiger partial charge in [-0.25, -0.2) is 4.79 Å². The van der Waals surface area contributed by atoms with Gasteiger partial charge in [-0.1, -0.05) is 24.8 Å². The van der Waals surface area contributed by atoms with E-state index in [2.05, 4.69) is 6.58 Å². The second-order valence-electron chi connectivity index (χ2n) is 3.94. The van der Waals surface area contributed by atoms with E-state index in [0.29, 0.717) is 25.2 Å². The van der Waals surface area contributed by atoms with Crippen LogP contribution < -0.4 is 4.74 Å². The fourth-order valence-corrected chi connectivity index (χ4v) is 1.48. The standard InChI is InChI=1S/C15H20O3/c1-3-17-15(16)13(2)9-7-8-12-18-14-10-5-4-6-11-14/h4-6,10-11H,2-3,7-9,12H2,1H3. The zero-order valence-electron chi connectivity index (χ0n) is 10.9. The van der Waals surface area contributed by atoms with E-state index in [4.69, 9.17) is 9.47 Å². The average molecular weight is 248 g/mol. The molecule has 0 aliphatic rings. The topological polar surface area (TPSA) is 35.5 Å². The van der Waals surface area contributed by atoms with Gasteiger partial charge in [0.05, 0.1) is 13.2 Å². The first-order chi connectivity index (χ1) is 8.74. The van der Waals surface area contributed by atoms with E-state index in [-0.39, 0.29) is 5.97 Å². The van der Waals surface area contributed by atoms with Crippen LogP contribution in [0.25, 0.3) is 0 Å². The molecule has 0 saturated carbocycles. The predicted molar refractivity (Wildman–Crippen MR) is 71.6 cm³/mol. The molecular formula is C15H20O3. The molecule has 0 aliphatic heterocycles. The van der Waals surface area contributed by atoms with Crippen LogP contribution in [0.3, 0.4) is 0 Å². The van der Waals surface area contributed by atoms with Crippen molar-refractivity contribution in [3.05, 3.63) is 42.5 Å². The van der Waals surface area contributed by atoms with Crippen LogP contribution >= 0.6 is 0 Å². The molecule has 0 N–H and O–H groups in total. The summed E-state index contributed by atoms with van der Waals surface area (Å²) in [5, 5.41) is 0. The number of unbranched alkanes of at least 4 members (excludes halogenated alkanes) is 1. The maximum Gasteiger partial charge on any atom is 0.333 e. The lowest BCUT2D eigenvalue weighted by Crippen LogP contribution is -2.07. The van der Waals surface area contributed by atoms with Gasteiger partial charge in [-0.15, -0.1) is 0 Å². The van der Waals surface area contributed by atoms with E-state index in [1.165, 1.54) is 0 Å². The second-order valence-corrected chi connectivity index (χ2v) is 3.94. The Balaban J connectivity index is 2.09. The first-order valence-corrected chi connectivity index (χ1v) is 6.26. The summed E-state index contributed by atoms with van der Waals surface area (Å²) in [6.45, 7) is 6.55. The lowest BCUT2D eigenvalue weighted by molar-refractivity contribution is -0.138. The van der Waals surface area contributed by atoms with E-state index in [1.54, 1.807) is 6.92 Å². The quantitative estimate of drug-likeness (QED) is 0.402. The van der Waals surface area contributed by atoms with Crippen molar-refractivity contribution in [3.8, 4) is 5.75 Å². The first-order valence-electron chi connectivity index (χ1n) is 6.26. The largest absolute Gasteiger partial charge is 0.494 e. The van der Waals surface area contributed by atoms with Crippen molar-refractivity contribution in [2.75, 3.05) is 13.2 Å². The zero-order valence-corrected chi connectivity index (χ0v) is 10.9. The highest BCUT2D eigenvalue weighted by atomic mass is 16.5. The minimum Gasteiger partial charge on any atom is -0.494 e. The van der Waals surface area contributed by atoms with Gasteiger partial charge in [0.1, 0.15) is 5.75 Å². The molecule has 0 saturated heterocycles. The van der Waals surface area contributed by atoms with Crippen LogP contribution in [0.5, 0.6) is 5.75 Å². The first kappa shape index (κ1) is 14.3. The predicted octanol–water partition coefficient (Wildman–Crippen LogP) is 3.36. The molecule has 1 aromatic rings. The van der Waals surface area contributed by atoms with Gasteiger partial charge in [-0.3, -0.25) is 0 Å². The minimum absolute atomic E-state index is 0.290. The van der Waals surface area contributed by atoms with Gasteiger partial charge < -0.3 is 9.47 Å². The van der Waals surface area contributed by atoms with Crippen molar-refractivity contribution in [2.24, 2.45) is 0 Å². The Morgan fingerprint density at radius 2 is 1.94 bits per heavy atom. The molecule has 0 fully saturated rings. The van der Waals surface area contributed by atoms with Gasteiger partial charge in [0.25, 0.3) is 0 Å². The molecule has 0 heterocycles. The lowest BCUT2D eigenvalue weighted by atomic mass is 10.1. The van der Waals surface area contributed by atoms with Gasteiger partial charge in [0.2, 0.25) is 0 Å². The highest BCUT2D eigenvalue weighted by Crippen LogP contribution is 2.11. The molecule has 98 valence electrons. The number of hydrogen-bond acceptors (Lipinski definition) is 3. The molecule has 0 unspecified atom stereocenters. The van der Waals surface area contributed by atoms with Crippen molar-refractivity contribution in [2.45, 2.75) is 26.2 Å². The van der Waals surface area contributed by atoms with Crippen LogP contribution in [0.1, 0.15) is 26.2 Å². The van der Waals surface area contributed by atoms with Gasteiger partial charge in [-0.2, -0.15) is 0 Å². The number of esters is 1. The molecule has 0 atom stereocenters. The normalized spacial score (nSPS) is 9.83. The molecule has 1 aromatic carbocycles. The van der Waals surface area contributed by atoms with Crippen molar-refractivity contribution < 1.29 is 14.3 Å². The Labute approximate surface area is 108 Å². The van der Waals surface area contributed by atoms with Crippen molar-refractivity contribution in [3.63, 3.8) is 0 Å². The SMILES string of the molecule is C=C(CCCCOc1ccccc1)C(=O)OCC. The molecule has 0 aliphatic carbocycles. The number of benzene rings is 1. The molecule has 0 aromatic heterocycles. The Kier molecular flexibility index (Phi) is 6.62. The summed E-state index contributed by atoms with van der Waals surface area (Å²) in [6.07, 6.45) is 2.44. The summed E-state index contributed by atoms with van der Waals surface area (Å²) < 4.78 is 10.4. The minimum atomic E-state index is -0.290. The van der Waals surface area contributed by atoms with E-state index in [0.717, 1.165) is 18.6 Å². The summed E-state index contributed by atoms with van der Waals surface area (Å²) in [5.41, 5.74) is 0.538. The van der Waals surface area contributed by atoms with Gasteiger partial charge in [-0.05, 0) is 38.3 Å². The van der Waals surface area contributed by atoms with E-state index in [1.807, 2.05) is 30.3 Å². The van der Waals surface area contributed by atoms with Crippen LogP contribution in [0, 0.1) is 0 Å². The van der Waals surface area contributed by atoms with Crippen LogP contribution in [-0.2, 0) is 9.53 Å². The second kappa shape index (κ2) is 8.34. The number of hydrogen-bond donors (Lipinski definition) is 0. The van der Waals surface area contributed by atoms with Gasteiger partial charge in [0.15, 0.2) is 0 Å². The van der Waals surface area contributed by atoms with E-state index < -0.39 is 0 Å². The molecular weight excluding hydrogens is 228 g/mol. The lowest BCUT2D eigenvalue weighted by Gasteiger charge is -2.07. The molecule has 18 heavy (non-hydrogen) atoms. The third kappa shape index (κ3) is 5.53. The molecule has 0 amide bonds. The summed E-state index contributed by atoms with van der Waals surface area (Å²) >= 11 is 0. The summed E-state index contributed by atoms with van der Waals surface area (Å²) in [5.74, 6) is 0.586. The Hall–Kier alpha value is -1.77. The maximum absolute atomic E-state index is 11.3. The van der Waals surface area contributed by atoms with E-state index >= 15 is 0 Å². The van der Waals surface area contributed by atoms with Gasteiger partial charge in [0, 0.05) is 5.57 Å². The smallest absolute Gasteiger partial charge is 0.333 e. The molecule has 0 radical (unpaired) electrons. The van der Waals surface area contributed by atoms with Crippen LogP contribution in [0.4, 0.5) is 0 Å². The van der Waals surface area contributed by atoms with Crippen molar-refractivity contribution >= 4 is 5.97 Å². The Morgan fingerprint density at radius 3 is 2.61 bits per heavy atom. The molecule has 3 nitrogen and oxygen atoms in total.